The van der Waals surface area contributed by atoms with Crippen molar-refractivity contribution in [1.82, 2.24) is 13.7 Å². The lowest BCUT2D eigenvalue weighted by atomic mass is 11.2. The lowest BCUT2D eigenvalue weighted by Gasteiger charge is -2.43. The molecule has 0 bridgehead atoms. The Bertz CT molecular complexity index is 105. The summed E-state index contributed by atoms with van der Waals surface area (Å²) in [6, 6.07) is 0. The van der Waals surface area contributed by atoms with Gasteiger partial charge in [-0.25, -0.2) is 0 Å². The van der Waals surface area contributed by atoms with E-state index in [1.807, 2.05) is 0 Å². The Balaban J connectivity index is 0. The summed E-state index contributed by atoms with van der Waals surface area (Å²) in [5.41, 5.74) is 0. The summed E-state index contributed by atoms with van der Waals surface area (Å²) in [6.45, 7) is 4.47. The van der Waals surface area contributed by atoms with Gasteiger partial charge in [-0.1, -0.05) is 6.55 Å². The first-order valence-electron chi connectivity index (χ1n) is 4.85. The van der Waals surface area contributed by atoms with Crippen molar-refractivity contribution in [2.45, 2.75) is 13.1 Å². The predicted molar refractivity (Wildman–Crippen MR) is 68.5 cm³/mol. The van der Waals surface area contributed by atoms with Gasteiger partial charge in [-0.15, -0.1) is 0 Å². The van der Waals surface area contributed by atoms with Gasteiger partial charge in [0, 0.05) is 0 Å². The SMILES string of the molecule is CN(C)[Si](C)(N(C)C)N(C)C.C[SiH3]. The Morgan fingerprint density at radius 3 is 0.846 bits per heavy atom. The summed E-state index contributed by atoms with van der Waals surface area (Å²) in [7, 11) is 12.7. The van der Waals surface area contributed by atoms with Crippen LogP contribution >= 0.6 is 0 Å². The number of nitrogens with zero attached hydrogens (tertiary/aromatic N) is 3. The topological polar surface area (TPSA) is 9.72 Å². The van der Waals surface area contributed by atoms with E-state index >= 15 is 0 Å². The van der Waals surface area contributed by atoms with E-state index in [0.29, 0.717) is 0 Å². The summed E-state index contributed by atoms with van der Waals surface area (Å²) in [6.07, 6.45) is 0. The standard InChI is InChI=1S/C7H21N3Si.CH6Si/c1-8(2)11(7,9(3)4)10(5)6;1-2/h1-7H3;1-2H3. The Kier molecular flexibility index (Phi) is 8.15. The van der Waals surface area contributed by atoms with Crippen LogP contribution in [0.3, 0.4) is 0 Å². The largest absolute Gasteiger partial charge is 0.305 e. The Labute approximate surface area is 88.4 Å². The molecular formula is C8H27N3Si2. The molecule has 0 heterocycles. The monoisotopic (exact) mass is 221 g/mol. The molecule has 0 aromatic rings. The van der Waals surface area contributed by atoms with E-state index in [0.717, 1.165) is 0 Å². The molecule has 0 saturated heterocycles. The molecule has 0 radical (unpaired) electrons. The zero-order chi connectivity index (χ0) is 11.2. The van der Waals surface area contributed by atoms with E-state index in [1.54, 1.807) is 0 Å². The van der Waals surface area contributed by atoms with Crippen LogP contribution in [0.15, 0.2) is 0 Å². The van der Waals surface area contributed by atoms with Crippen LogP contribution in [-0.4, -0.2) is 74.8 Å². The highest BCUT2D eigenvalue weighted by molar-refractivity contribution is 6.70. The summed E-state index contributed by atoms with van der Waals surface area (Å²) in [4.78, 5) is 0. The number of rotatable bonds is 3. The van der Waals surface area contributed by atoms with Crippen LogP contribution in [0.1, 0.15) is 0 Å². The highest BCUT2D eigenvalue weighted by Crippen LogP contribution is 2.10. The van der Waals surface area contributed by atoms with Crippen molar-refractivity contribution < 1.29 is 0 Å². The summed E-state index contributed by atoms with van der Waals surface area (Å²) < 4.78 is 6.98. The van der Waals surface area contributed by atoms with Gasteiger partial charge in [-0.05, 0) is 59.1 Å². The van der Waals surface area contributed by atoms with Gasteiger partial charge in [-0.2, -0.15) is 0 Å². The first-order valence-corrected chi connectivity index (χ1v) is 9.20. The Hall–Kier alpha value is 0.314. The van der Waals surface area contributed by atoms with Gasteiger partial charge in [0.05, 0.1) is 0 Å². The second kappa shape index (κ2) is 6.72. The van der Waals surface area contributed by atoms with Gasteiger partial charge < -0.3 is 13.7 Å². The molecule has 0 aliphatic rings. The smallest absolute Gasteiger partial charge is 0.285 e. The van der Waals surface area contributed by atoms with Gasteiger partial charge in [-0.3, -0.25) is 0 Å². The fraction of sp³-hybridized carbons (Fsp3) is 1.00. The molecule has 13 heavy (non-hydrogen) atoms. The Morgan fingerprint density at radius 1 is 0.692 bits per heavy atom. The molecule has 5 heteroatoms. The second-order valence-electron chi connectivity index (χ2n) is 3.65. The van der Waals surface area contributed by atoms with Crippen LogP contribution in [0.25, 0.3) is 0 Å². The van der Waals surface area contributed by atoms with Crippen molar-refractivity contribution in [2.24, 2.45) is 0 Å². The van der Waals surface area contributed by atoms with Crippen molar-refractivity contribution >= 4 is 18.8 Å². The summed E-state index contributed by atoms with van der Waals surface area (Å²) in [5, 5.41) is 0. The van der Waals surface area contributed by atoms with Gasteiger partial charge in [0.1, 0.15) is 0 Å². The molecule has 0 saturated carbocycles. The zero-order valence-electron chi connectivity index (χ0n) is 10.8. The first-order chi connectivity index (χ1) is 5.83. The lowest BCUT2D eigenvalue weighted by Crippen LogP contribution is -2.67. The fourth-order valence-electron chi connectivity index (χ4n) is 1.20. The maximum Gasteiger partial charge on any atom is 0.285 e. The highest BCUT2D eigenvalue weighted by Gasteiger charge is 2.36. The average molecular weight is 221 g/mol. The predicted octanol–water partition coefficient (Wildman–Crippen LogP) is -0.360. The van der Waals surface area contributed by atoms with E-state index in [-0.39, 0.29) is 0 Å². The molecule has 0 rings (SSSR count). The molecule has 0 amide bonds. The normalized spacial score (nSPS) is 12.2. The summed E-state index contributed by atoms with van der Waals surface area (Å²) in [5.74, 6) is 0. The molecule has 0 unspecified atom stereocenters. The quantitative estimate of drug-likeness (QED) is 0.603. The van der Waals surface area contributed by atoms with E-state index in [9.17, 15) is 0 Å². The van der Waals surface area contributed by atoms with Crippen LogP contribution in [0.2, 0.25) is 13.1 Å². The fourth-order valence-corrected chi connectivity index (χ4v) is 3.60. The summed E-state index contributed by atoms with van der Waals surface area (Å²) >= 11 is 0. The van der Waals surface area contributed by atoms with Crippen molar-refractivity contribution in [3.8, 4) is 0 Å². The van der Waals surface area contributed by atoms with Gasteiger partial charge >= 0.3 is 0 Å². The molecule has 0 atom stereocenters. The highest BCUT2D eigenvalue weighted by atomic mass is 28.4. The van der Waals surface area contributed by atoms with Crippen LogP contribution in [-0.2, 0) is 0 Å². The third-order valence-electron chi connectivity index (χ3n) is 2.54. The van der Waals surface area contributed by atoms with Gasteiger partial charge in [0.2, 0.25) is 0 Å². The first kappa shape index (κ1) is 15.8. The van der Waals surface area contributed by atoms with Gasteiger partial charge in [0.25, 0.3) is 8.56 Å². The van der Waals surface area contributed by atoms with Crippen LogP contribution in [0.5, 0.6) is 0 Å². The van der Waals surface area contributed by atoms with E-state index in [4.69, 9.17) is 0 Å². The molecule has 3 nitrogen and oxygen atoms in total. The molecule has 0 fully saturated rings. The van der Waals surface area contributed by atoms with E-state index in [1.165, 1.54) is 10.2 Å². The van der Waals surface area contributed by atoms with Gasteiger partial charge in [0.15, 0.2) is 0 Å². The number of hydrogen-bond acceptors (Lipinski definition) is 3. The third-order valence-corrected chi connectivity index (χ3v) is 7.62. The molecule has 0 aliphatic carbocycles. The second-order valence-corrected chi connectivity index (χ2v) is 8.28. The maximum atomic E-state index is 2.33. The van der Waals surface area contributed by atoms with Crippen LogP contribution in [0.4, 0.5) is 0 Å². The maximum absolute atomic E-state index is 2.33. The third kappa shape index (κ3) is 3.91. The molecule has 0 aromatic carbocycles. The molecule has 0 N–H and O–H groups in total. The van der Waals surface area contributed by atoms with Crippen molar-refractivity contribution in [3.63, 3.8) is 0 Å². The van der Waals surface area contributed by atoms with Crippen molar-refractivity contribution in [2.75, 3.05) is 42.3 Å². The minimum atomic E-state index is -1.48. The molecule has 82 valence electrons. The number of hydrogen-bond donors (Lipinski definition) is 0. The van der Waals surface area contributed by atoms with Crippen LogP contribution < -0.4 is 0 Å². The Morgan fingerprint density at radius 2 is 0.846 bits per heavy atom. The molecule has 0 aliphatic heterocycles. The minimum absolute atomic E-state index is 1.31. The van der Waals surface area contributed by atoms with E-state index in [2.05, 4.69) is 69.1 Å². The van der Waals surface area contributed by atoms with Crippen molar-refractivity contribution in [1.29, 1.82) is 0 Å². The molecular weight excluding hydrogens is 194 g/mol. The van der Waals surface area contributed by atoms with E-state index < -0.39 is 8.56 Å². The molecule has 0 aromatic heterocycles. The average Bonchev–Trinajstić information content (AvgIpc) is 2.05. The minimum Gasteiger partial charge on any atom is -0.305 e. The molecule has 0 spiro atoms. The van der Waals surface area contributed by atoms with Crippen molar-refractivity contribution in [3.05, 3.63) is 0 Å². The van der Waals surface area contributed by atoms with Crippen LogP contribution in [0, 0.1) is 0 Å². The zero-order valence-corrected chi connectivity index (χ0v) is 13.8. The lowest BCUT2D eigenvalue weighted by molar-refractivity contribution is 0.387.